The van der Waals surface area contributed by atoms with Crippen LogP contribution in [0.15, 0.2) is 18.2 Å². The summed E-state index contributed by atoms with van der Waals surface area (Å²) < 4.78 is 51.6. The zero-order chi connectivity index (χ0) is 17.0. The number of halogens is 4. The molecule has 0 saturated carbocycles. The lowest BCUT2D eigenvalue weighted by Gasteiger charge is -2.22. The first-order valence-corrected chi connectivity index (χ1v) is 7.28. The average molecular weight is 334 g/mol. The minimum atomic E-state index is -4.68. The Morgan fingerprint density at radius 2 is 2.13 bits per heavy atom. The second-order valence-electron chi connectivity index (χ2n) is 5.53. The standard InChI is InChI=1S/C15H18F4N2O2/c16-11-4-3-10(13(6-11)15(17,18)19)7-20-14(23)8-21-5-1-2-12(21)9-22/h3-4,6,12,22H,1-2,5,7-9H2,(H,20,23). The normalized spacial score (nSPS) is 19.1. The molecule has 1 unspecified atom stereocenters. The first kappa shape index (κ1) is 17.7. The zero-order valence-electron chi connectivity index (χ0n) is 12.4. The Hall–Kier alpha value is -1.67. The van der Waals surface area contributed by atoms with Gasteiger partial charge in [-0.25, -0.2) is 4.39 Å². The maximum atomic E-state index is 13.0. The largest absolute Gasteiger partial charge is 0.416 e. The zero-order valence-corrected chi connectivity index (χ0v) is 12.4. The van der Waals surface area contributed by atoms with Crippen LogP contribution in [0.5, 0.6) is 0 Å². The summed E-state index contributed by atoms with van der Waals surface area (Å²) in [5.41, 5.74) is -1.28. The van der Waals surface area contributed by atoms with Crippen LogP contribution >= 0.6 is 0 Å². The minimum Gasteiger partial charge on any atom is -0.395 e. The molecular weight excluding hydrogens is 316 g/mol. The van der Waals surface area contributed by atoms with Crippen LogP contribution in [0.3, 0.4) is 0 Å². The maximum Gasteiger partial charge on any atom is 0.416 e. The number of carbonyl (C=O) groups excluding carboxylic acids is 1. The average Bonchev–Trinajstić information content (AvgIpc) is 2.92. The second-order valence-corrected chi connectivity index (χ2v) is 5.53. The monoisotopic (exact) mass is 334 g/mol. The fourth-order valence-corrected chi connectivity index (χ4v) is 2.71. The highest BCUT2D eigenvalue weighted by atomic mass is 19.4. The molecule has 1 amide bonds. The van der Waals surface area contributed by atoms with E-state index in [-0.39, 0.29) is 31.3 Å². The number of aliphatic hydroxyl groups excluding tert-OH is 1. The number of aliphatic hydroxyl groups is 1. The van der Waals surface area contributed by atoms with Gasteiger partial charge < -0.3 is 10.4 Å². The third-order valence-electron chi connectivity index (χ3n) is 3.91. The Morgan fingerprint density at radius 1 is 1.39 bits per heavy atom. The van der Waals surface area contributed by atoms with Gasteiger partial charge in [-0.05, 0) is 37.1 Å². The number of nitrogens with zero attached hydrogens (tertiary/aromatic N) is 1. The summed E-state index contributed by atoms with van der Waals surface area (Å²) in [5, 5.41) is 11.6. The molecule has 0 spiro atoms. The topological polar surface area (TPSA) is 52.6 Å². The van der Waals surface area contributed by atoms with Gasteiger partial charge in [-0.3, -0.25) is 9.69 Å². The number of rotatable bonds is 5. The number of nitrogens with one attached hydrogen (secondary N) is 1. The third-order valence-corrected chi connectivity index (χ3v) is 3.91. The van der Waals surface area contributed by atoms with Gasteiger partial charge in [0, 0.05) is 12.6 Å². The molecule has 1 aliphatic rings. The lowest BCUT2D eigenvalue weighted by atomic mass is 10.1. The molecule has 1 heterocycles. The highest BCUT2D eigenvalue weighted by Gasteiger charge is 2.34. The van der Waals surface area contributed by atoms with Gasteiger partial charge in [0.2, 0.25) is 5.91 Å². The fraction of sp³-hybridized carbons (Fsp3) is 0.533. The van der Waals surface area contributed by atoms with Crippen molar-refractivity contribution in [3.05, 3.63) is 35.1 Å². The van der Waals surface area contributed by atoms with Gasteiger partial charge >= 0.3 is 6.18 Å². The van der Waals surface area contributed by atoms with Crippen molar-refractivity contribution in [2.24, 2.45) is 0 Å². The number of benzene rings is 1. The van der Waals surface area contributed by atoms with E-state index in [1.165, 1.54) is 0 Å². The van der Waals surface area contributed by atoms with Gasteiger partial charge in [-0.2, -0.15) is 13.2 Å². The first-order valence-electron chi connectivity index (χ1n) is 7.28. The number of hydrogen-bond donors (Lipinski definition) is 2. The lowest BCUT2D eigenvalue weighted by Crippen LogP contribution is -2.41. The molecule has 1 aliphatic heterocycles. The van der Waals surface area contributed by atoms with Gasteiger partial charge in [0.1, 0.15) is 5.82 Å². The van der Waals surface area contributed by atoms with E-state index in [4.69, 9.17) is 0 Å². The SMILES string of the molecule is O=C(CN1CCCC1CO)NCc1ccc(F)cc1C(F)(F)F. The van der Waals surface area contributed by atoms with Crippen molar-refractivity contribution in [2.45, 2.75) is 31.6 Å². The molecule has 8 heteroatoms. The Kier molecular flexibility index (Phi) is 5.59. The molecule has 2 N–H and O–H groups in total. The van der Waals surface area contributed by atoms with Crippen LogP contribution in [-0.4, -0.2) is 41.7 Å². The van der Waals surface area contributed by atoms with Crippen LogP contribution in [0, 0.1) is 5.82 Å². The van der Waals surface area contributed by atoms with Crippen molar-refractivity contribution >= 4 is 5.91 Å². The van der Waals surface area contributed by atoms with E-state index in [1.54, 1.807) is 4.90 Å². The highest BCUT2D eigenvalue weighted by Crippen LogP contribution is 2.32. The summed E-state index contributed by atoms with van der Waals surface area (Å²) >= 11 is 0. The van der Waals surface area contributed by atoms with Crippen LogP contribution in [-0.2, 0) is 17.5 Å². The third kappa shape index (κ3) is 4.65. The van der Waals surface area contributed by atoms with E-state index >= 15 is 0 Å². The quantitative estimate of drug-likeness (QED) is 0.809. The molecule has 0 radical (unpaired) electrons. The van der Waals surface area contributed by atoms with Crippen molar-refractivity contribution in [3.8, 4) is 0 Å². The molecule has 1 aromatic carbocycles. The Morgan fingerprint density at radius 3 is 2.78 bits per heavy atom. The van der Waals surface area contributed by atoms with Crippen LogP contribution in [0.4, 0.5) is 17.6 Å². The van der Waals surface area contributed by atoms with Gasteiger partial charge in [-0.1, -0.05) is 6.07 Å². The number of hydrogen-bond acceptors (Lipinski definition) is 3. The molecule has 0 aromatic heterocycles. The second kappa shape index (κ2) is 7.27. The van der Waals surface area contributed by atoms with Crippen molar-refractivity contribution < 1.29 is 27.5 Å². The van der Waals surface area contributed by atoms with Crippen molar-refractivity contribution in [2.75, 3.05) is 19.7 Å². The Labute approximate surface area is 131 Å². The molecule has 1 saturated heterocycles. The van der Waals surface area contributed by atoms with Crippen molar-refractivity contribution in [1.29, 1.82) is 0 Å². The van der Waals surface area contributed by atoms with Gasteiger partial charge in [0.15, 0.2) is 0 Å². The number of carbonyl (C=O) groups is 1. The first-order chi connectivity index (χ1) is 10.8. The van der Waals surface area contributed by atoms with Crippen LogP contribution in [0.25, 0.3) is 0 Å². The lowest BCUT2D eigenvalue weighted by molar-refractivity contribution is -0.138. The number of amides is 1. The van der Waals surface area contributed by atoms with Crippen LogP contribution in [0.2, 0.25) is 0 Å². The van der Waals surface area contributed by atoms with E-state index in [2.05, 4.69) is 5.32 Å². The summed E-state index contributed by atoms with van der Waals surface area (Å²) in [6.07, 6.45) is -3.02. The molecule has 1 aromatic rings. The number of alkyl halides is 3. The number of likely N-dealkylation sites (tertiary alicyclic amines) is 1. The molecular formula is C15H18F4N2O2. The van der Waals surface area contributed by atoms with Gasteiger partial charge in [-0.15, -0.1) is 0 Å². The molecule has 2 rings (SSSR count). The van der Waals surface area contributed by atoms with Crippen LogP contribution in [0.1, 0.15) is 24.0 Å². The fourth-order valence-electron chi connectivity index (χ4n) is 2.71. The highest BCUT2D eigenvalue weighted by molar-refractivity contribution is 5.78. The molecule has 4 nitrogen and oxygen atoms in total. The molecule has 0 aliphatic carbocycles. The van der Waals surface area contributed by atoms with Gasteiger partial charge in [0.25, 0.3) is 0 Å². The van der Waals surface area contributed by atoms with E-state index in [9.17, 15) is 27.5 Å². The Bertz CT molecular complexity index is 563. The smallest absolute Gasteiger partial charge is 0.395 e. The summed E-state index contributed by atoms with van der Waals surface area (Å²) in [5.74, 6) is -1.40. The molecule has 0 bridgehead atoms. The van der Waals surface area contributed by atoms with Gasteiger partial charge in [0.05, 0.1) is 18.7 Å². The summed E-state index contributed by atoms with van der Waals surface area (Å²) in [4.78, 5) is 13.7. The minimum absolute atomic E-state index is 0.0216. The maximum absolute atomic E-state index is 13.0. The van der Waals surface area contributed by atoms with E-state index < -0.39 is 23.5 Å². The predicted molar refractivity (Wildman–Crippen MR) is 74.9 cm³/mol. The molecule has 1 fully saturated rings. The molecule has 1 atom stereocenters. The summed E-state index contributed by atoms with van der Waals surface area (Å²) in [6, 6.07) is 2.28. The summed E-state index contributed by atoms with van der Waals surface area (Å²) in [7, 11) is 0. The van der Waals surface area contributed by atoms with E-state index in [1.807, 2.05) is 0 Å². The van der Waals surface area contributed by atoms with Crippen molar-refractivity contribution in [1.82, 2.24) is 10.2 Å². The summed E-state index contributed by atoms with van der Waals surface area (Å²) in [6.45, 7) is 0.311. The molecule has 128 valence electrons. The van der Waals surface area contributed by atoms with Crippen LogP contribution < -0.4 is 5.32 Å². The van der Waals surface area contributed by atoms with E-state index in [0.29, 0.717) is 12.6 Å². The van der Waals surface area contributed by atoms with Crippen molar-refractivity contribution in [3.63, 3.8) is 0 Å². The predicted octanol–water partition coefficient (Wildman–Crippen LogP) is 1.92. The molecule has 23 heavy (non-hydrogen) atoms. The Balaban J connectivity index is 1.97. The van der Waals surface area contributed by atoms with E-state index in [0.717, 1.165) is 25.0 Å².